The molecule has 9 heteroatoms. The minimum atomic E-state index is -3.83. The van der Waals surface area contributed by atoms with Crippen molar-refractivity contribution in [3.63, 3.8) is 0 Å². The van der Waals surface area contributed by atoms with E-state index in [1.165, 1.54) is 4.90 Å². The van der Waals surface area contributed by atoms with Crippen molar-refractivity contribution in [3.8, 4) is 0 Å². The first-order chi connectivity index (χ1) is 18.8. The molecule has 0 aromatic heterocycles. The van der Waals surface area contributed by atoms with Crippen molar-refractivity contribution >= 4 is 39.1 Å². The summed E-state index contributed by atoms with van der Waals surface area (Å²) in [5, 5.41) is 3.51. The molecule has 1 N–H and O–H groups in total. The third kappa shape index (κ3) is 8.83. The molecule has 0 aliphatic rings. The molecule has 0 spiro atoms. The van der Waals surface area contributed by atoms with E-state index in [1.54, 1.807) is 30.3 Å². The summed E-state index contributed by atoms with van der Waals surface area (Å²) in [5.74, 6) is -0.826. The Morgan fingerprint density at radius 3 is 2.15 bits per heavy atom. The normalized spacial score (nSPS) is 12.4. The highest BCUT2D eigenvalue weighted by Gasteiger charge is 2.34. The van der Waals surface area contributed by atoms with Gasteiger partial charge in [-0.1, -0.05) is 79.2 Å². The largest absolute Gasteiger partial charge is 0.350 e. The molecule has 0 fully saturated rings. The van der Waals surface area contributed by atoms with E-state index in [0.717, 1.165) is 27.3 Å². The first-order valence-electron chi connectivity index (χ1n) is 13.2. The summed E-state index contributed by atoms with van der Waals surface area (Å²) in [7, 11) is -3.83. The molecule has 0 aliphatic heterocycles. The molecule has 3 rings (SSSR count). The second-order valence-electron chi connectivity index (χ2n) is 10.8. The van der Waals surface area contributed by atoms with Crippen molar-refractivity contribution < 1.29 is 18.0 Å². The Morgan fingerprint density at radius 2 is 1.55 bits per heavy atom. The first-order valence-corrected chi connectivity index (χ1v) is 15.5. The zero-order chi connectivity index (χ0) is 29.5. The van der Waals surface area contributed by atoms with E-state index < -0.39 is 34.1 Å². The fourth-order valence-corrected chi connectivity index (χ4v) is 5.58. The first kappa shape index (κ1) is 31.2. The molecular formula is C31H38ClN3O4S. The lowest BCUT2D eigenvalue weighted by Gasteiger charge is -2.35. The van der Waals surface area contributed by atoms with Gasteiger partial charge in [-0.25, -0.2) is 8.42 Å². The number of nitrogens with one attached hydrogen (secondary N) is 1. The van der Waals surface area contributed by atoms with Gasteiger partial charge < -0.3 is 10.2 Å². The number of carbonyl (C=O) groups is 2. The maximum Gasteiger partial charge on any atom is 0.244 e. The number of anilines is 1. The highest BCUT2D eigenvalue weighted by molar-refractivity contribution is 7.92. The molecule has 1 unspecified atom stereocenters. The van der Waals surface area contributed by atoms with Gasteiger partial charge in [0.2, 0.25) is 21.8 Å². The Balaban J connectivity index is 2.10. The van der Waals surface area contributed by atoms with Crippen molar-refractivity contribution in [1.82, 2.24) is 10.2 Å². The quantitative estimate of drug-likeness (QED) is 0.335. The number of hydrogen-bond acceptors (Lipinski definition) is 4. The molecule has 2 amide bonds. The van der Waals surface area contributed by atoms with Crippen LogP contribution in [0, 0.1) is 0 Å². The Kier molecular flexibility index (Phi) is 10.4. The number of nitrogens with zero attached hydrogens (tertiary/aromatic N) is 2. The van der Waals surface area contributed by atoms with Crippen LogP contribution in [-0.4, -0.2) is 49.5 Å². The summed E-state index contributed by atoms with van der Waals surface area (Å²) in [4.78, 5) is 29.4. The number of halogens is 1. The van der Waals surface area contributed by atoms with Crippen LogP contribution in [-0.2, 0) is 39.0 Å². The van der Waals surface area contributed by atoms with Crippen molar-refractivity contribution in [1.29, 1.82) is 0 Å². The van der Waals surface area contributed by atoms with Crippen molar-refractivity contribution in [2.75, 3.05) is 17.1 Å². The van der Waals surface area contributed by atoms with Gasteiger partial charge in [-0.3, -0.25) is 13.9 Å². The molecule has 3 aromatic carbocycles. The summed E-state index contributed by atoms with van der Waals surface area (Å²) in [5.41, 5.74) is 2.30. The number of benzene rings is 3. The van der Waals surface area contributed by atoms with Gasteiger partial charge >= 0.3 is 0 Å². The smallest absolute Gasteiger partial charge is 0.244 e. The van der Waals surface area contributed by atoms with Gasteiger partial charge in [-0.15, -0.1) is 0 Å². The van der Waals surface area contributed by atoms with Crippen LogP contribution in [0.2, 0.25) is 5.02 Å². The molecular weight excluding hydrogens is 546 g/mol. The average Bonchev–Trinajstić information content (AvgIpc) is 2.88. The van der Waals surface area contributed by atoms with Crippen LogP contribution in [0.4, 0.5) is 5.69 Å². The van der Waals surface area contributed by atoms with E-state index in [9.17, 15) is 18.0 Å². The summed E-state index contributed by atoms with van der Waals surface area (Å²) in [6.07, 6.45) is 1.93. The molecule has 0 aliphatic carbocycles. The third-order valence-corrected chi connectivity index (χ3v) is 7.69. The van der Waals surface area contributed by atoms with Crippen molar-refractivity contribution in [3.05, 3.63) is 101 Å². The van der Waals surface area contributed by atoms with E-state index >= 15 is 0 Å². The number of carbonyl (C=O) groups excluding carboxylic acids is 2. The predicted octanol–water partition coefficient (Wildman–Crippen LogP) is 5.22. The lowest BCUT2D eigenvalue weighted by atomic mass is 10.0. The highest BCUT2D eigenvalue weighted by atomic mass is 35.5. The van der Waals surface area contributed by atoms with E-state index in [2.05, 4.69) is 5.32 Å². The molecule has 0 heterocycles. The molecule has 0 bridgehead atoms. The number of para-hydroxylation sites is 1. The third-order valence-electron chi connectivity index (χ3n) is 6.33. The van der Waals surface area contributed by atoms with Gasteiger partial charge in [-0.2, -0.15) is 0 Å². The number of rotatable bonds is 11. The SMILES string of the molecule is CCc1ccccc1N(CC(=O)N(Cc1cccc(Cl)c1)C(Cc1ccccc1)C(=O)NC(C)(C)C)S(C)(=O)=O. The summed E-state index contributed by atoms with van der Waals surface area (Å²) in [6, 6.07) is 22.7. The molecule has 3 aromatic rings. The zero-order valence-corrected chi connectivity index (χ0v) is 25.3. The molecule has 40 heavy (non-hydrogen) atoms. The van der Waals surface area contributed by atoms with Crippen LogP contribution >= 0.6 is 11.6 Å². The second-order valence-corrected chi connectivity index (χ2v) is 13.2. The van der Waals surface area contributed by atoms with Crippen LogP contribution in [0.1, 0.15) is 44.4 Å². The van der Waals surface area contributed by atoms with Gasteiger partial charge in [0, 0.05) is 23.5 Å². The monoisotopic (exact) mass is 583 g/mol. The lowest BCUT2D eigenvalue weighted by Crippen LogP contribution is -2.56. The minimum absolute atomic E-state index is 0.0709. The second kappa shape index (κ2) is 13.3. The van der Waals surface area contributed by atoms with E-state index in [4.69, 9.17) is 11.6 Å². The molecule has 0 saturated heterocycles. The molecule has 214 valence electrons. The maximum absolute atomic E-state index is 14.2. The van der Waals surface area contributed by atoms with Gasteiger partial charge in [0.05, 0.1) is 11.9 Å². The standard InChI is InChI=1S/C31H38ClN3O4S/c1-6-25-16-10-11-18-27(25)35(40(5,38)39)22-29(36)34(21-24-15-12-17-26(32)19-24)28(30(37)33-31(2,3)4)20-23-13-8-7-9-14-23/h7-19,28H,6,20-22H2,1-5H3,(H,33,37). The van der Waals surface area contributed by atoms with Crippen LogP contribution in [0.3, 0.4) is 0 Å². The topological polar surface area (TPSA) is 86.8 Å². The summed E-state index contributed by atoms with van der Waals surface area (Å²) in [6.45, 7) is 7.17. The van der Waals surface area contributed by atoms with Gasteiger partial charge in [-0.05, 0) is 62.1 Å². The molecule has 0 radical (unpaired) electrons. The fourth-order valence-electron chi connectivity index (χ4n) is 4.49. The minimum Gasteiger partial charge on any atom is -0.350 e. The number of aryl methyl sites for hydroxylation is 1. The maximum atomic E-state index is 14.2. The zero-order valence-electron chi connectivity index (χ0n) is 23.7. The Bertz CT molecular complexity index is 1420. The van der Waals surface area contributed by atoms with Gasteiger partial charge in [0.1, 0.15) is 12.6 Å². The summed E-state index contributed by atoms with van der Waals surface area (Å²) >= 11 is 6.25. The van der Waals surface area contributed by atoms with Gasteiger partial charge in [0.25, 0.3) is 0 Å². The summed E-state index contributed by atoms with van der Waals surface area (Å²) < 4.78 is 27.1. The Hall–Kier alpha value is -3.36. The van der Waals surface area contributed by atoms with Crippen LogP contribution in [0.25, 0.3) is 0 Å². The predicted molar refractivity (Wildman–Crippen MR) is 162 cm³/mol. The number of sulfonamides is 1. The van der Waals surface area contributed by atoms with E-state index in [1.807, 2.05) is 76.2 Å². The molecule has 7 nitrogen and oxygen atoms in total. The van der Waals surface area contributed by atoms with E-state index in [-0.39, 0.29) is 18.9 Å². The Morgan fingerprint density at radius 1 is 0.925 bits per heavy atom. The highest BCUT2D eigenvalue weighted by Crippen LogP contribution is 2.25. The Labute approximate surface area is 243 Å². The van der Waals surface area contributed by atoms with Crippen LogP contribution in [0.5, 0.6) is 0 Å². The average molecular weight is 584 g/mol. The lowest BCUT2D eigenvalue weighted by molar-refractivity contribution is -0.140. The van der Waals surface area contributed by atoms with Gasteiger partial charge in [0.15, 0.2) is 0 Å². The number of amides is 2. The van der Waals surface area contributed by atoms with E-state index in [0.29, 0.717) is 17.1 Å². The van der Waals surface area contributed by atoms with Crippen LogP contribution in [0.15, 0.2) is 78.9 Å². The number of hydrogen-bond donors (Lipinski definition) is 1. The molecule has 1 atom stereocenters. The fraction of sp³-hybridized carbons (Fsp3) is 0.355. The molecule has 0 saturated carbocycles. The van der Waals surface area contributed by atoms with Crippen molar-refractivity contribution in [2.24, 2.45) is 0 Å². The van der Waals surface area contributed by atoms with Crippen LogP contribution < -0.4 is 9.62 Å². The van der Waals surface area contributed by atoms with Crippen molar-refractivity contribution in [2.45, 2.75) is 58.7 Å².